The molecule has 0 N–H and O–H groups in total. The van der Waals surface area contributed by atoms with Gasteiger partial charge in [0, 0.05) is 10.7 Å². The summed E-state index contributed by atoms with van der Waals surface area (Å²) in [6, 6.07) is 0.757. The number of alkyl halides is 2. The molecule has 0 aromatic carbocycles. The van der Waals surface area contributed by atoms with Gasteiger partial charge in [0.05, 0.1) is 8.49 Å². The zero-order valence-electron chi connectivity index (χ0n) is 7.60. The van der Waals surface area contributed by atoms with E-state index in [1.54, 1.807) is 0 Å². The van der Waals surface area contributed by atoms with Gasteiger partial charge in [-0.3, -0.25) is 10.1 Å². The molecule has 0 saturated carbocycles. The van der Waals surface area contributed by atoms with Crippen molar-refractivity contribution in [3.05, 3.63) is 25.4 Å². The van der Waals surface area contributed by atoms with E-state index in [0.29, 0.717) is 0 Å². The zero-order chi connectivity index (χ0) is 13.4. The Morgan fingerprint density at radius 3 is 2.41 bits per heavy atom. The molecule has 11 heteroatoms. The molecule has 0 unspecified atom stereocenters. The van der Waals surface area contributed by atoms with Crippen LogP contribution in [0.2, 0.25) is 0 Å². The fraction of sp³-hybridized carbons (Fsp3) is 0.167. The molecule has 0 amide bonds. The van der Waals surface area contributed by atoms with Gasteiger partial charge in [0.15, 0.2) is 10.7 Å². The third-order valence-electron chi connectivity index (χ3n) is 1.59. The van der Waals surface area contributed by atoms with Crippen molar-refractivity contribution in [2.24, 2.45) is 0 Å². The minimum absolute atomic E-state index is 0.280. The molecule has 0 atom stereocenters. The second-order valence-electron chi connectivity index (χ2n) is 2.67. The first-order valence-corrected chi connectivity index (χ1v) is 7.11. The van der Waals surface area contributed by atoms with E-state index in [1.165, 1.54) is 22.6 Å². The summed E-state index contributed by atoms with van der Waals surface area (Å²) in [5.41, 5.74) is -2.15. The van der Waals surface area contributed by atoms with Crippen molar-refractivity contribution in [2.45, 2.75) is 11.5 Å². The second-order valence-corrected chi connectivity index (χ2v) is 6.35. The lowest BCUT2D eigenvalue weighted by Gasteiger charge is -2.04. The quantitative estimate of drug-likeness (QED) is 0.338. The summed E-state index contributed by atoms with van der Waals surface area (Å²) in [6.07, 6.45) is -3.28. The molecule has 94 valence electrons. The minimum Gasteiger partial charge on any atom is -0.258 e. The van der Waals surface area contributed by atoms with Crippen LogP contribution in [0.1, 0.15) is 12.1 Å². The Labute approximate surface area is 112 Å². The molecule has 1 heterocycles. The summed E-state index contributed by atoms with van der Waals surface area (Å²) in [5.74, 6) is 0. The van der Waals surface area contributed by atoms with Crippen molar-refractivity contribution in [1.82, 2.24) is 4.98 Å². The van der Waals surface area contributed by atoms with E-state index in [-0.39, 0.29) is 3.57 Å². The summed E-state index contributed by atoms with van der Waals surface area (Å²) >= 11 is 1.36. The highest BCUT2D eigenvalue weighted by atomic mass is 127. The molecule has 6 nitrogen and oxygen atoms in total. The molecule has 0 bridgehead atoms. The predicted octanol–water partition coefficient (Wildman–Crippen LogP) is 2.46. The van der Waals surface area contributed by atoms with Gasteiger partial charge < -0.3 is 0 Å². The van der Waals surface area contributed by atoms with Gasteiger partial charge in [0.1, 0.15) is 0 Å². The van der Waals surface area contributed by atoms with Crippen LogP contribution in [0, 0.1) is 13.7 Å². The van der Waals surface area contributed by atoms with E-state index in [1.807, 2.05) is 0 Å². The molecular weight excluding hydrogens is 396 g/mol. The zero-order valence-corrected chi connectivity index (χ0v) is 11.3. The van der Waals surface area contributed by atoms with Gasteiger partial charge in [-0.25, -0.2) is 22.2 Å². The smallest absolute Gasteiger partial charge is 0.258 e. The Morgan fingerprint density at radius 1 is 1.53 bits per heavy atom. The van der Waals surface area contributed by atoms with E-state index in [2.05, 4.69) is 4.98 Å². The molecule has 0 radical (unpaired) electrons. The highest BCUT2D eigenvalue weighted by Crippen LogP contribution is 2.33. The van der Waals surface area contributed by atoms with Crippen LogP contribution in [0.5, 0.6) is 0 Å². The highest BCUT2D eigenvalue weighted by molar-refractivity contribution is 14.1. The van der Waals surface area contributed by atoms with Gasteiger partial charge in [-0.1, -0.05) is 0 Å². The number of aromatic nitrogens is 1. The van der Waals surface area contributed by atoms with Crippen molar-refractivity contribution in [2.75, 3.05) is 0 Å². The number of nitrogens with zero attached hydrogens (tertiary/aromatic N) is 2. The number of rotatable bonds is 3. The summed E-state index contributed by atoms with van der Waals surface area (Å²) in [6.45, 7) is 0. The van der Waals surface area contributed by atoms with Crippen LogP contribution >= 0.6 is 33.3 Å². The Kier molecular flexibility index (Phi) is 4.19. The van der Waals surface area contributed by atoms with Crippen LogP contribution in [-0.4, -0.2) is 18.3 Å². The normalized spacial score (nSPS) is 11.8. The SMILES string of the molecule is O=[N+]([O-])c1c(I)cc(S(=O)(=O)Cl)nc1C(F)F. The van der Waals surface area contributed by atoms with Crippen molar-refractivity contribution in [1.29, 1.82) is 0 Å². The Bertz CT molecular complexity index is 580. The van der Waals surface area contributed by atoms with E-state index in [0.717, 1.165) is 6.07 Å². The molecule has 0 fully saturated rings. The van der Waals surface area contributed by atoms with E-state index >= 15 is 0 Å². The molecule has 1 aromatic rings. The van der Waals surface area contributed by atoms with Gasteiger partial charge in [-0.05, 0) is 28.7 Å². The Balaban J connectivity index is 3.64. The van der Waals surface area contributed by atoms with Crippen molar-refractivity contribution < 1.29 is 22.1 Å². The molecule has 0 spiro atoms. The maximum atomic E-state index is 12.5. The summed E-state index contributed by atoms with van der Waals surface area (Å²) in [5, 5.41) is 9.71. The van der Waals surface area contributed by atoms with Crippen LogP contribution in [0.15, 0.2) is 11.1 Å². The van der Waals surface area contributed by atoms with Gasteiger partial charge in [0.25, 0.3) is 15.5 Å². The summed E-state index contributed by atoms with van der Waals surface area (Å²) < 4.78 is 46.6. The summed E-state index contributed by atoms with van der Waals surface area (Å²) in [4.78, 5) is 12.5. The lowest BCUT2D eigenvalue weighted by Crippen LogP contribution is -2.06. The van der Waals surface area contributed by atoms with Crippen molar-refractivity contribution >= 4 is 48.0 Å². The first-order valence-electron chi connectivity index (χ1n) is 3.72. The van der Waals surface area contributed by atoms with Gasteiger partial charge in [-0.2, -0.15) is 0 Å². The van der Waals surface area contributed by atoms with Crippen molar-refractivity contribution in [3.8, 4) is 0 Å². The standard InChI is InChI=1S/C6H2ClF2IN2O4S/c7-17(15,16)3-1-2(10)5(12(13)14)4(11-3)6(8)9/h1,6H. The average molecular weight is 399 g/mol. The number of hydrogen-bond donors (Lipinski definition) is 0. The van der Waals surface area contributed by atoms with E-state index in [9.17, 15) is 27.3 Å². The van der Waals surface area contributed by atoms with E-state index in [4.69, 9.17) is 10.7 Å². The average Bonchev–Trinajstić information content (AvgIpc) is 2.13. The first kappa shape index (κ1) is 14.4. The molecular formula is C6H2ClF2IN2O4S. The minimum atomic E-state index is -4.32. The van der Waals surface area contributed by atoms with Crippen LogP contribution < -0.4 is 0 Å². The van der Waals surface area contributed by atoms with Crippen molar-refractivity contribution in [3.63, 3.8) is 0 Å². The monoisotopic (exact) mass is 398 g/mol. The Morgan fingerprint density at radius 2 is 2.06 bits per heavy atom. The lowest BCUT2D eigenvalue weighted by molar-refractivity contribution is -0.387. The van der Waals surface area contributed by atoms with Crippen LogP contribution in [-0.2, 0) is 9.05 Å². The fourth-order valence-electron chi connectivity index (χ4n) is 0.961. The molecule has 1 rings (SSSR count). The molecule has 0 aliphatic rings. The fourth-order valence-corrected chi connectivity index (χ4v) is 2.64. The summed E-state index contributed by atoms with van der Waals surface area (Å²) in [7, 11) is 0.607. The predicted molar refractivity (Wildman–Crippen MR) is 61.6 cm³/mol. The molecule has 0 saturated heterocycles. The maximum absolute atomic E-state index is 12.5. The molecule has 0 aliphatic heterocycles. The topological polar surface area (TPSA) is 90.2 Å². The first-order chi connectivity index (χ1) is 7.64. The number of halogens is 4. The van der Waals surface area contributed by atoms with Crippen LogP contribution in [0.3, 0.4) is 0 Å². The molecule has 1 aromatic heterocycles. The molecule has 0 aliphatic carbocycles. The largest absolute Gasteiger partial charge is 0.309 e. The Hall–Kier alpha value is -0.620. The van der Waals surface area contributed by atoms with E-state index < -0.39 is 36.8 Å². The van der Waals surface area contributed by atoms with Crippen LogP contribution in [0.25, 0.3) is 0 Å². The van der Waals surface area contributed by atoms with Gasteiger partial charge in [0.2, 0.25) is 0 Å². The number of nitro groups is 1. The third-order valence-corrected chi connectivity index (χ3v) is 3.59. The number of hydrogen-bond acceptors (Lipinski definition) is 5. The second kappa shape index (κ2) is 4.94. The number of pyridine rings is 1. The molecule has 17 heavy (non-hydrogen) atoms. The third kappa shape index (κ3) is 3.19. The highest BCUT2D eigenvalue weighted by Gasteiger charge is 2.30. The van der Waals surface area contributed by atoms with Gasteiger partial charge in [-0.15, -0.1) is 0 Å². The lowest BCUT2D eigenvalue weighted by atomic mass is 10.3. The van der Waals surface area contributed by atoms with Crippen LogP contribution in [0.4, 0.5) is 14.5 Å². The van der Waals surface area contributed by atoms with Gasteiger partial charge >= 0.3 is 5.69 Å². The maximum Gasteiger partial charge on any atom is 0.309 e.